The van der Waals surface area contributed by atoms with E-state index in [1.807, 2.05) is 6.92 Å². The Morgan fingerprint density at radius 1 is 1.12 bits per heavy atom. The molecule has 2 unspecified atom stereocenters. The summed E-state index contributed by atoms with van der Waals surface area (Å²) in [4.78, 5) is 14.9. The van der Waals surface area contributed by atoms with Crippen molar-refractivity contribution < 1.29 is 9.53 Å². The van der Waals surface area contributed by atoms with E-state index in [4.69, 9.17) is 4.74 Å². The molecule has 0 saturated carbocycles. The van der Waals surface area contributed by atoms with Crippen LogP contribution in [0.5, 0.6) is 0 Å². The second kappa shape index (κ2) is 5.00. The van der Waals surface area contributed by atoms with Gasteiger partial charge in [-0.1, -0.05) is 46.8 Å². The highest BCUT2D eigenvalue weighted by molar-refractivity contribution is 5.90. The zero-order chi connectivity index (χ0) is 17.3. The number of nitrogens with zero attached hydrogens (tertiary/aromatic N) is 1. The third-order valence-corrected chi connectivity index (χ3v) is 6.56. The Morgan fingerprint density at radius 2 is 1.79 bits per heavy atom. The highest BCUT2D eigenvalue weighted by Gasteiger charge is 2.50. The molecule has 3 aliphatic heterocycles. The minimum absolute atomic E-state index is 0.0829. The highest BCUT2D eigenvalue weighted by atomic mass is 16.5. The molecular formula is C21H29NO2. The molecule has 3 heteroatoms. The Bertz CT molecular complexity index is 693. The molecule has 1 fully saturated rings. The lowest BCUT2D eigenvalue weighted by molar-refractivity contribution is -0.146. The van der Waals surface area contributed by atoms with Gasteiger partial charge in [-0.3, -0.25) is 0 Å². The second-order valence-electron chi connectivity index (χ2n) is 9.05. The van der Waals surface area contributed by atoms with Gasteiger partial charge in [0, 0.05) is 35.9 Å². The summed E-state index contributed by atoms with van der Waals surface area (Å²) in [6.07, 6.45) is 7.53. The van der Waals surface area contributed by atoms with Gasteiger partial charge in [0.15, 0.2) is 0 Å². The molecule has 0 radical (unpaired) electrons. The van der Waals surface area contributed by atoms with Crippen molar-refractivity contribution in [1.29, 1.82) is 0 Å². The fraction of sp³-hybridized carbons (Fsp3) is 0.667. The predicted molar refractivity (Wildman–Crippen MR) is 95.2 cm³/mol. The number of piperidine rings is 1. The smallest absolute Gasteiger partial charge is 0.334 e. The monoisotopic (exact) mass is 327 g/mol. The Kier molecular flexibility index (Phi) is 3.33. The zero-order valence-electron chi connectivity index (χ0n) is 15.6. The molecule has 24 heavy (non-hydrogen) atoms. The molecule has 0 bridgehead atoms. The molecule has 0 aromatic carbocycles. The SMILES string of the molecule is CCC1=CC2C=C3C4=C(C2OC1=O)C(C)(C)CCN4CCC3(C)C. The van der Waals surface area contributed by atoms with Crippen LogP contribution in [0.15, 0.2) is 34.6 Å². The minimum Gasteiger partial charge on any atom is -0.453 e. The Balaban J connectivity index is 1.93. The predicted octanol–water partition coefficient (Wildman–Crippen LogP) is 4.22. The molecule has 1 aliphatic carbocycles. The van der Waals surface area contributed by atoms with E-state index < -0.39 is 0 Å². The van der Waals surface area contributed by atoms with E-state index in [0.29, 0.717) is 0 Å². The van der Waals surface area contributed by atoms with Crippen LogP contribution in [-0.4, -0.2) is 30.1 Å². The average molecular weight is 327 g/mol. The maximum Gasteiger partial charge on any atom is 0.334 e. The van der Waals surface area contributed by atoms with Gasteiger partial charge in [0.05, 0.1) is 0 Å². The molecule has 0 aromatic rings. The van der Waals surface area contributed by atoms with E-state index in [2.05, 4.69) is 44.7 Å². The summed E-state index contributed by atoms with van der Waals surface area (Å²) < 4.78 is 6.00. The molecule has 2 atom stereocenters. The van der Waals surface area contributed by atoms with Gasteiger partial charge in [0.2, 0.25) is 0 Å². The largest absolute Gasteiger partial charge is 0.453 e. The maximum atomic E-state index is 12.4. The van der Waals surface area contributed by atoms with Gasteiger partial charge in [-0.25, -0.2) is 4.79 Å². The Morgan fingerprint density at radius 3 is 2.46 bits per heavy atom. The lowest BCUT2D eigenvalue weighted by atomic mass is 9.62. The van der Waals surface area contributed by atoms with Gasteiger partial charge in [-0.05, 0) is 35.7 Å². The van der Waals surface area contributed by atoms with Crippen molar-refractivity contribution in [3.63, 3.8) is 0 Å². The number of hydrogen-bond donors (Lipinski definition) is 0. The Hall–Kier alpha value is -1.51. The molecule has 4 rings (SSSR count). The summed E-state index contributed by atoms with van der Waals surface area (Å²) in [5.74, 6) is 0.0784. The molecule has 0 aromatic heterocycles. The van der Waals surface area contributed by atoms with E-state index in [9.17, 15) is 4.79 Å². The third-order valence-electron chi connectivity index (χ3n) is 6.56. The lowest BCUT2D eigenvalue weighted by Gasteiger charge is -2.54. The fourth-order valence-corrected chi connectivity index (χ4v) is 4.88. The van der Waals surface area contributed by atoms with Crippen LogP contribution in [-0.2, 0) is 9.53 Å². The van der Waals surface area contributed by atoms with Crippen molar-refractivity contribution in [2.45, 2.75) is 60.0 Å². The first-order valence-corrected chi connectivity index (χ1v) is 9.38. The van der Waals surface area contributed by atoms with Gasteiger partial charge in [-0.15, -0.1) is 0 Å². The van der Waals surface area contributed by atoms with E-state index in [0.717, 1.165) is 31.5 Å². The van der Waals surface area contributed by atoms with Crippen molar-refractivity contribution >= 4 is 5.97 Å². The number of allylic oxidation sites excluding steroid dienone is 1. The van der Waals surface area contributed by atoms with Gasteiger partial charge in [0.25, 0.3) is 0 Å². The van der Waals surface area contributed by atoms with Gasteiger partial charge >= 0.3 is 5.97 Å². The van der Waals surface area contributed by atoms with E-state index in [-0.39, 0.29) is 28.8 Å². The number of esters is 1. The quantitative estimate of drug-likeness (QED) is 0.675. The molecule has 3 nitrogen and oxygen atoms in total. The molecule has 0 amide bonds. The highest BCUT2D eigenvalue weighted by Crippen LogP contribution is 2.55. The summed E-state index contributed by atoms with van der Waals surface area (Å²) >= 11 is 0. The van der Waals surface area contributed by atoms with Gasteiger partial charge < -0.3 is 9.64 Å². The summed E-state index contributed by atoms with van der Waals surface area (Å²) in [6, 6.07) is 0. The average Bonchev–Trinajstić information content (AvgIpc) is 2.51. The topological polar surface area (TPSA) is 29.5 Å². The first kappa shape index (κ1) is 16.0. The number of carbonyl (C=O) groups is 1. The molecular weight excluding hydrogens is 298 g/mol. The molecule has 1 saturated heterocycles. The maximum absolute atomic E-state index is 12.4. The van der Waals surface area contributed by atoms with E-state index in [1.54, 1.807) is 0 Å². The van der Waals surface area contributed by atoms with Crippen molar-refractivity contribution in [3.05, 3.63) is 34.6 Å². The molecule has 130 valence electrons. The molecule has 4 aliphatic rings. The van der Waals surface area contributed by atoms with Crippen molar-refractivity contribution in [2.24, 2.45) is 16.7 Å². The first-order valence-electron chi connectivity index (χ1n) is 9.38. The van der Waals surface area contributed by atoms with Crippen LogP contribution in [0.25, 0.3) is 0 Å². The summed E-state index contributed by atoms with van der Waals surface area (Å²) in [7, 11) is 0. The molecule has 0 N–H and O–H groups in total. The number of hydrogen-bond acceptors (Lipinski definition) is 3. The van der Waals surface area contributed by atoms with Gasteiger partial charge in [-0.2, -0.15) is 0 Å². The number of ether oxygens (including phenoxy) is 1. The molecule has 0 spiro atoms. The van der Waals surface area contributed by atoms with Crippen molar-refractivity contribution in [2.75, 3.05) is 13.1 Å². The summed E-state index contributed by atoms with van der Waals surface area (Å²) in [5.41, 5.74) is 5.34. The van der Waals surface area contributed by atoms with Crippen LogP contribution in [0.4, 0.5) is 0 Å². The lowest BCUT2D eigenvalue weighted by Crippen LogP contribution is -2.51. The summed E-state index contributed by atoms with van der Waals surface area (Å²) in [6.45, 7) is 13.6. The van der Waals surface area contributed by atoms with Crippen LogP contribution in [0, 0.1) is 16.7 Å². The number of carbonyl (C=O) groups excluding carboxylic acids is 1. The standard InChI is InChI=1S/C21H29NO2/c1-6-13-11-14-12-15-17-16(18(14)24-19(13)23)21(4,5)8-10-22(17)9-7-20(15,2)3/h11-12,14,18H,6-10H2,1-5H3. The van der Waals surface area contributed by atoms with Crippen LogP contribution in [0.2, 0.25) is 0 Å². The van der Waals surface area contributed by atoms with E-state index in [1.165, 1.54) is 23.3 Å². The van der Waals surface area contributed by atoms with Crippen molar-refractivity contribution in [3.8, 4) is 0 Å². The molecule has 3 heterocycles. The number of rotatable bonds is 1. The van der Waals surface area contributed by atoms with Crippen molar-refractivity contribution in [1.82, 2.24) is 4.90 Å². The first-order chi connectivity index (χ1) is 11.2. The Labute approximate surface area is 145 Å². The summed E-state index contributed by atoms with van der Waals surface area (Å²) in [5, 5.41) is 0. The van der Waals surface area contributed by atoms with Crippen LogP contribution < -0.4 is 0 Å². The number of fused-ring (bicyclic) bond motifs is 2. The normalized spacial score (nSPS) is 33.2. The van der Waals surface area contributed by atoms with E-state index >= 15 is 0 Å². The van der Waals surface area contributed by atoms with Crippen LogP contribution >= 0.6 is 0 Å². The minimum atomic E-state index is -0.119. The van der Waals surface area contributed by atoms with Gasteiger partial charge in [0.1, 0.15) is 6.10 Å². The third kappa shape index (κ3) is 2.13. The second-order valence-corrected chi connectivity index (χ2v) is 9.05. The van der Waals surface area contributed by atoms with Crippen LogP contribution in [0.1, 0.15) is 53.9 Å². The van der Waals surface area contributed by atoms with Crippen LogP contribution in [0.3, 0.4) is 0 Å². The zero-order valence-corrected chi connectivity index (χ0v) is 15.6. The fourth-order valence-electron chi connectivity index (χ4n) is 4.88.